The van der Waals surface area contributed by atoms with E-state index in [1.165, 1.54) is 7.11 Å². The van der Waals surface area contributed by atoms with Crippen LogP contribution in [0.3, 0.4) is 0 Å². The van der Waals surface area contributed by atoms with Crippen LogP contribution in [0.5, 0.6) is 5.75 Å². The number of imide groups is 1. The topological polar surface area (TPSA) is 51.5 Å². The van der Waals surface area contributed by atoms with Crippen LogP contribution >= 0.6 is 11.8 Å². The average molecular weight is 314 g/mol. The molecule has 1 aliphatic rings. The van der Waals surface area contributed by atoms with Crippen LogP contribution in [-0.2, 0) is 11.8 Å². The molecule has 1 aromatic carbocycles. The molecule has 0 bridgehead atoms. The molecule has 3 rings (SSSR count). The van der Waals surface area contributed by atoms with E-state index in [1.54, 1.807) is 30.3 Å². The van der Waals surface area contributed by atoms with Gasteiger partial charge in [0.15, 0.2) is 0 Å². The Balaban J connectivity index is 1.99. The highest BCUT2D eigenvalue weighted by Gasteiger charge is 2.37. The Kier molecular flexibility index (Phi) is 3.77. The predicted molar refractivity (Wildman–Crippen MR) is 86.9 cm³/mol. The number of carbonyl (C=O) groups excluding carboxylic acids is 2. The van der Waals surface area contributed by atoms with Crippen LogP contribution in [-0.4, -0.2) is 22.8 Å². The summed E-state index contributed by atoms with van der Waals surface area (Å²) in [6.45, 7) is 0. The number of anilines is 1. The van der Waals surface area contributed by atoms with Gasteiger partial charge in [-0.15, -0.1) is 0 Å². The van der Waals surface area contributed by atoms with E-state index in [2.05, 4.69) is 0 Å². The Hall–Kier alpha value is -2.47. The highest BCUT2D eigenvalue weighted by atomic mass is 32.2. The number of thioether (sulfide) groups is 1. The monoisotopic (exact) mass is 314 g/mol. The fraction of sp³-hybridized carbons (Fsp3) is 0.125. The molecule has 0 N–H and O–H groups in total. The van der Waals surface area contributed by atoms with Crippen molar-refractivity contribution in [3.8, 4) is 5.75 Å². The summed E-state index contributed by atoms with van der Waals surface area (Å²) in [5.74, 6) is 0.158. The average Bonchev–Trinajstić information content (AvgIpc) is 3.04. The van der Waals surface area contributed by atoms with Gasteiger partial charge < -0.3 is 9.30 Å². The number of benzene rings is 1. The molecule has 0 unspecified atom stereocenters. The zero-order valence-electron chi connectivity index (χ0n) is 12.1. The summed E-state index contributed by atoms with van der Waals surface area (Å²) in [5.41, 5.74) is 1.33. The number of hydrogen-bond acceptors (Lipinski definition) is 4. The van der Waals surface area contributed by atoms with Gasteiger partial charge in [0.25, 0.3) is 11.1 Å². The summed E-state index contributed by atoms with van der Waals surface area (Å²) in [7, 11) is 3.40. The molecule has 0 atom stereocenters. The van der Waals surface area contributed by atoms with E-state index in [9.17, 15) is 9.59 Å². The Labute approximate surface area is 132 Å². The molecule has 5 nitrogen and oxygen atoms in total. The van der Waals surface area contributed by atoms with E-state index >= 15 is 0 Å². The van der Waals surface area contributed by atoms with E-state index < -0.39 is 0 Å². The Bertz CT molecular complexity index is 779. The van der Waals surface area contributed by atoms with Crippen LogP contribution in [0, 0.1) is 0 Å². The summed E-state index contributed by atoms with van der Waals surface area (Å²) in [6.07, 6.45) is 3.61. The molecular weight excluding hydrogens is 300 g/mol. The van der Waals surface area contributed by atoms with Gasteiger partial charge in [-0.3, -0.25) is 9.59 Å². The third-order valence-electron chi connectivity index (χ3n) is 3.38. The first-order chi connectivity index (χ1) is 10.6. The van der Waals surface area contributed by atoms with Gasteiger partial charge in [-0.25, -0.2) is 4.90 Å². The van der Waals surface area contributed by atoms with E-state index in [0.29, 0.717) is 16.3 Å². The number of ether oxygens (including phenoxy) is 1. The minimum Gasteiger partial charge on any atom is -0.495 e. The molecule has 1 fully saturated rings. The van der Waals surface area contributed by atoms with Crippen molar-refractivity contribution in [2.24, 2.45) is 7.05 Å². The lowest BCUT2D eigenvalue weighted by atomic mass is 10.2. The normalized spacial score (nSPS) is 16.6. The summed E-state index contributed by atoms with van der Waals surface area (Å²) in [6, 6.07) is 10.7. The van der Waals surface area contributed by atoms with Crippen LogP contribution in [0.1, 0.15) is 5.69 Å². The van der Waals surface area contributed by atoms with Gasteiger partial charge in [0.2, 0.25) is 0 Å². The van der Waals surface area contributed by atoms with Gasteiger partial charge in [-0.05, 0) is 42.1 Å². The van der Waals surface area contributed by atoms with E-state index in [1.807, 2.05) is 29.9 Å². The number of hydrogen-bond donors (Lipinski definition) is 0. The Morgan fingerprint density at radius 1 is 1.14 bits per heavy atom. The maximum atomic E-state index is 12.6. The lowest BCUT2D eigenvalue weighted by Gasteiger charge is -2.15. The number of amides is 2. The molecule has 22 heavy (non-hydrogen) atoms. The molecule has 2 amide bonds. The minimum absolute atomic E-state index is 0.324. The number of aromatic nitrogens is 1. The zero-order valence-corrected chi connectivity index (χ0v) is 13.0. The van der Waals surface area contributed by atoms with Crippen molar-refractivity contribution in [2.75, 3.05) is 12.0 Å². The van der Waals surface area contributed by atoms with Crippen molar-refractivity contribution < 1.29 is 14.3 Å². The van der Waals surface area contributed by atoms with Crippen LogP contribution in [0.15, 0.2) is 47.5 Å². The third kappa shape index (κ3) is 2.42. The van der Waals surface area contributed by atoms with Crippen molar-refractivity contribution in [3.63, 3.8) is 0 Å². The van der Waals surface area contributed by atoms with Gasteiger partial charge in [-0.1, -0.05) is 12.1 Å². The zero-order chi connectivity index (χ0) is 15.7. The van der Waals surface area contributed by atoms with Gasteiger partial charge in [-0.2, -0.15) is 0 Å². The van der Waals surface area contributed by atoms with Gasteiger partial charge in [0.1, 0.15) is 5.75 Å². The molecule has 2 aromatic rings. The van der Waals surface area contributed by atoms with Crippen molar-refractivity contribution in [1.29, 1.82) is 0 Å². The molecule has 6 heteroatoms. The molecular formula is C16H14N2O3S. The lowest BCUT2D eigenvalue weighted by Crippen LogP contribution is -2.28. The maximum Gasteiger partial charge on any atom is 0.298 e. The molecule has 0 saturated carbocycles. The molecule has 0 radical (unpaired) electrons. The van der Waals surface area contributed by atoms with Crippen molar-refractivity contribution in [2.45, 2.75) is 0 Å². The quantitative estimate of drug-likeness (QED) is 0.816. The second-order valence-corrected chi connectivity index (χ2v) is 5.73. The first-order valence-corrected chi connectivity index (χ1v) is 7.46. The van der Waals surface area contributed by atoms with E-state index in [0.717, 1.165) is 22.4 Å². The number of rotatable bonds is 3. The Morgan fingerprint density at radius 3 is 2.59 bits per heavy atom. The molecule has 1 aromatic heterocycles. The minimum atomic E-state index is -0.333. The highest BCUT2D eigenvalue weighted by Crippen LogP contribution is 2.39. The number of para-hydroxylation sites is 2. The second kappa shape index (κ2) is 5.73. The smallest absolute Gasteiger partial charge is 0.298 e. The highest BCUT2D eigenvalue weighted by molar-refractivity contribution is 8.19. The molecule has 0 aliphatic carbocycles. The summed E-state index contributed by atoms with van der Waals surface area (Å²) < 4.78 is 7.12. The SMILES string of the molecule is COc1ccccc1N1C(=O)S/C(=C/c2cccn2C)C1=O. The van der Waals surface area contributed by atoms with Crippen molar-refractivity contribution >= 4 is 34.7 Å². The Morgan fingerprint density at radius 2 is 1.91 bits per heavy atom. The van der Waals surface area contributed by atoms with Crippen LogP contribution in [0.2, 0.25) is 0 Å². The first-order valence-electron chi connectivity index (χ1n) is 6.64. The third-order valence-corrected chi connectivity index (χ3v) is 4.25. The molecule has 0 spiro atoms. The fourth-order valence-electron chi connectivity index (χ4n) is 2.25. The van der Waals surface area contributed by atoms with Gasteiger partial charge >= 0.3 is 0 Å². The number of carbonyl (C=O) groups is 2. The van der Waals surface area contributed by atoms with E-state index in [-0.39, 0.29) is 11.1 Å². The lowest BCUT2D eigenvalue weighted by molar-refractivity contribution is -0.113. The predicted octanol–water partition coefficient (Wildman–Crippen LogP) is 3.27. The van der Waals surface area contributed by atoms with Crippen LogP contribution in [0.25, 0.3) is 6.08 Å². The molecule has 1 aliphatic heterocycles. The van der Waals surface area contributed by atoms with Crippen LogP contribution in [0.4, 0.5) is 10.5 Å². The number of aryl methyl sites for hydroxylation is 1. The molecule has 112 valence electrons. The fourth-order valence-corrected chi connectivity index (χ4v) is 3.07. The summed E-state index contributed by atoms with van der Waals surface area (Å²) in [4.78, 5) is 26.4. The summed E-state index contributed by atoms with van der Waals surface area (Å²) >= 11 is 0.932. The second-order valence-electron chi connectivity index (χ2n) is 4.73. The van der Waals surface area contributed by atoms with E-state index in [4.69, 9.17) is 4.74 Å². The molecule has 2 heterocycles. The maximum absolute atomic E-state index is 12.6. The summed E-state index contributed by atoms with van der Waals surface area (Å²) in [5, 5.41) is -0.324. The van der Waals surface area contributed by atoms with Crippen LogP contribution < -0.4 is 9.64 Å². The first kappa shape index (κ1) is 14.5. The van der Waals surface area contributed by atoms with Gasteiger partial charge in [0.05, 0.1) is 17.7 Å². The standard InChI is InChI=1S/C16H14N2O3S/c1-17-9-5-6-11(17)10-14-15(19)18(16(20)22-14)12-7-3-4-8-13(12)21-2/h3-10H,1-2H3/b14-10+. The largest absolute Gasteiger partial charge is 0.495 e. The molecule has 1 saturated heterocycles. The van der Waals surface area contributed by atoms with Crippen molar-refractivity contribution in [1.82, 2.24) is 4.57 Å². The number of nitrogens with zero attached hydrogens (tertiary/aromatic N) is 2. The van der Waals surface area contributed by atoms with Crippen molar-refractivity contribution in [3.05, 3.63) is 53.2 Å². The van der Waals surface area contributed by atoms with Gasteiger partial charge in [0, 0.05) is 18.9 Å². The number of methoxy groups -OCH3 is 1.